The average molecular weight is 566 g/mol. The highest BCUT2D eigenvalue weighted by Gasteiger charge is 2.15. The van der Waals surface area contributed by atoms with Crippen molar-refractivity contribution >= 4 is 22.5 Å². The molecule has 2 aromatic carbocycles. The number of piperazine rings is 1. The number of nitrogens with one attached hydrogen (secondary N) is 3. The van der Waals surface area contributed by atoms with E-state index >= 15 is 0 Å². The molecule has 0 spiro atoms. The van der Waals surface area contributed by atoms with Gasteiger partial charge in [0.1, 0.15) is 12.4 Å². The normalized spacial score (nSPS) is 14.3. The SMILES string of the molecule is Cc1ccc(Cn2cc(C(=O)Nc3c[nH]c(=O)c(-c4cc5cc(OCCN6CCN(C)CC6)ccc5[nH]4)c3)cn2)cc1. The van der Waals surface area contributed by atoms with Gasteiger partial charge in [0.15, 0.2) is 0 Å². The smallest absolute Gasteiger partial charge is 0.258 e. The van der Waals surface area contributed by atoms with E-state index in [-0.39, 0.29) is 11.5 Å². The predicted molar refractivity (Wildman–Crippen MR) is 164 cm³/mol. The molecule has 42 heavy (non-hydrogen) atoms. The van der Waals surface area contributed by atoms with Gasteiger partial charge in [-0.25, -0.2) is 0 Å². The molecule has 0 radical (unpaired) electrons. The summed E-state index contributed by atoms with van der Waals surface area (Å²) in [7, 11) is 2.15. The lowest BCUT2D eigenvalue weighted by atomic mass is 10.1. The van der Waals surface area contributed by atoms with Crippen LogP contribution < -0.4 is 15.6 Å². The molecule has 3 N–H and O–H groups in total. The molecular formula is C32H35N7O3. The Morgan fingerprint density at radius 3 is 2.67 bits per heavy atom. The highest BCUT2D eigenvalue weighted by molar-refractivity contribution is 6.04. The number of H-pyrrole nitrogens is 2. The first-order chi connectivity index (χ1) is 20.4. The monoisotopic (exact) mass is 565 g/mol. The van der Waals surface area contributed by atoms with Crippen LogP contribution in [0, 0.1) is 6.92 Å². The van der Waals surface area contributed by atoms with Gasteiger partial charge in [-0.05, 0) is 49.9 Å². The summed E-state index contributed by atoms with van der Waals surface area (Å²) in [5, 5.41) is 8.15. The van der Waals surface area contributed by atoms with E-state index in [9.17, 15) is 9.59 Å². The number of pyridine rings is 1. The van der Waals surface area contributed by atoms with Crippen molar-refractivity contribution in [2.24, 2.45) is 0 Å². The standard InChI is InChI=1S/C32H35N7O3/c1-22-3-5-23(6-4-22)20-39-21-25(18-34-39)31(40)35-26-17-28(32(41)33-19-26)30-16-24-15-27(7-8-29(24)36-30)42-14-13-38-11-9-37(2)10-12-38/h3-8,15-19,21,36H,9-14,20H2,1-2H3,(H,33,41)(H,35,40). The third-order valence-corrected chi connectivity index (χ3v) is 7.68. The van der Waals surface area contributed by atoms with Gasteiger partial charge in [-0.1, -0.05) is 29.8 Å². The summed E-state index contributed by atoms with van der Waals surface area (Å²) in [4.78, 5) is 36.5. The maximum absolute atomic E-state index is 13.0. The van der Waals surface area contributed by atoms with Crippen LogP contribution in [0.4, 0.5) is 5.69 Å². The van der Waals surface area contributed by atoms with Crippen molar-refractivity contribution < 1.29 is 9.53 Å². The van der Waals surface area contributed by atoms with Crippen LogP contribution in [-0.2, 0) is 6.54 Å². The highest BCUT2D eigenvalue weighted by atomic mass is 16.5. The first kappa shape index (κ1) is 27.5. The van der Waals surface area contributed by atoms with Crippen LogP contribution in [0.2, 0.25) is 0 Å². The van der Waals surface area contributed by atoms with Crippen molar-refractivity contribution in [3.05, 3.63) is 100 Å². The zero-order chi connectivity index (χ0) is 29.1. The fourth-order valence-electron chi connectivity index (χ4n) is 5.12. The third-order valence-electron chi connectivity index (χ3n) is 7.68. The van der Waals surface area contributed by atoms with Crippen LogP contribution >= 0.6 is 0 Å². The van der Waals surface area contributed by atoms with Crippen molar-refractivity contribution in [3.63, 3.8) is 0 Å². The number of nitrogens with zero attached hydrogens (tertiary/aromatic N) is 4. The van der Waals surface area contributed by atoms with Crippen molar-refractivity contribution in [2.45, 2.75) is 13.5 Å². The summed E-state index contributed by atoms with van der Waals surface area (Å²) < 4.78 is 7.76. The molecule has 10 heteroatoms. The Balaban J connectivity index is 1.11. The number of hydrogen-bond donors (Lipinski definition) is 3. The number of hydrogen-bond acceptors (Lipinski definition) is 6. The Labute approximate surface area is 243 Å². The molecule has 1 amide bonds. The lowest BCUT2D eigenvalue weighted by Crippen LogP contribution is -2.45. The minimum Gasteiger partial charge on any atom is -0.492 e. The number of fused-ring (bicyclic) bond motifs is 1. The van der Waals surface area contributed by atoms with Crippen molar-refractivity contribution in [2.75, 3.05) is 51.7 Å². The molecule has 0 bridgehead atoms. The maximum atomic E-state index is 13.0. The number of ether oxygens (including phenoxy) is 1. The minimum absolute atomic E-state index is 0.255. The zero-order valence-corrected chi connectivity index (χ0v) is 23.9. The van der Waals surface area contributed by atoms with Crippen LogP contribution in [0.15, 0.2) is 78.0 Å². The number of carbonyl (C=O) groups is 1. The first-order valence-electron chi connectivity index (χ1n) is 14.2. The van der Waals surface area contributed by atoms with Crippen LogP contribution in [0.5, 0.6) is 5.75 Å². The van der Waals surface area contributed by atoms with Gasteiger partial charge in [0.05, 0.1) is 35.2 Å². The minimum atomic E-state index is -0.307. The molecule has 1 fully saturated rings. The summed E-state index contributed by atoms with van der Waals surface area (Å²) in [6.45, 7) is 8.42. The molecular weight excluding hydrogens is 530 g/mol. The maximum Gasteiger partial charge on any atom is 0.258 e. The molecule has 1 saturated heterocycles. The van der Waals surface area contributed by atoms with Crippen molar-refractivity contribution in [3.8, 4) is 17.0 Å². The van der Waals surface area contributed by atoms with Gasteiger partial charge < -0.3 is 24.9 Å². The van der Waals surface area contributed by atoms with E-state index in [1.165, 1.54) is 11.8 Å². The van der Waals surface area contributed by atoms with Gasteiger partial charge in [0.2, 0.25) is 0 Å². The number of amides is 1. The lowest BCUT2D eigenvalue weighted by molar-refractivity contribution is 0.102. The Morgan fingerprint density at radius 1 is 1.05 bits per heavy atom. The number of carbonyl (C=O) groups excluding carboxylic acids is 1. The topological polar surface area (TPSA) is 111 Å². The Hall–Kier alpha value is -4.67. The molecule has 0 saturated carbocycles. The molecule has 4 heterocycles. The second-order valence-corrected chi connectivity index (χ2v) is 10.9. The van der Waals surface area contributed by atoms with Gasteiger partial charge >= 0.3 is 0 Å². The average Bonchev–Trinajstić information content (AvgIpc) is 3.63. The summed E-state index contributed by atoms with van der Waals surface area (Å²) >= 11 is 0. The first-order valence-corrected chi connectivity index (χ1v) is 14.2. The van der Waals surface area contributed by atoms with Gasteiger partial charge in [-0.2, -0.15) is 5.10 Å². The zero-order valence-electron chi connectivity index (χ0n) is 23.9. The molecule has 10 nitrogen and oxygen atoms in total. The van der Waals surface area contributed by atoms with Gasteiger partial charge in [-0.15, -0.1) is 0 Å². The van der Waals surface area contributed by atoms with Crippen LogP contribution in [0.3, 0.4) is 0 Å². The van der Waals surface area contributed by atoms with E-state index in [1.54, 1.807) is 23.1 Å². The number of likely N-dealkylation sites (N-methyl/N-ethyl adjacent to an activating group) is 1. The quantitative estimate of drug-likeness (QED) is 0.250. The Kier molecular flexibility index (Phi) is 7.89. The predicted octanol–water partition coefficient (Wildman–Crippen LogP) is 3.95. The Bertz CT molecular complexity index is 1740. The number of rotatable bonds is 9. The number of benzene rings is 2. The molecule has 216 valence electrons. The molecule has 3 aromatic heterocycles. The summed E-state index contributed by atoms with van der Waals surface area (Å²) in [6, 6.07) is 17.7. The lowest BCUT2D eigenvalue weighted by Gasteiger charge is -2.32. The molecule has 0 atom stereocenters. The fourth-order valence-corrected chi connectivity index (χ4v) is 5.12. The van der Waals surface area contributed by atoms with Gasteiger partial charge in [0.25, 0.3) is 11.5 Å². The second-order valence-electron chi connectivity index (χ2n) is 10.9. The van der Waals surface area contributed by atoms with E-state index in [2.05, 4.69) is 49.4 Å². The van der Waals surface area contributed by atoms with Crippen LogP contribution in [-0.4, -0.2) is 81.8 Å². The largest absolute Gasteiger partial charge is 0.492 e. The van der Waals surface area contributed by atoms with Gasteiger partial charge in [-0.3, -0.25) is 19.2 Å². The van der Waals surface area contributed by atoms with Crippen molar-refractivity contribution in [1.82, 2.24) is 29.5 Å². The van der Waals surface area contributed by atoms with E-state index in [0.29, 0.717) is 35.7 Å². The number of aryl methyl sites for hydroxylation is 1. The number of aromatic amines is 2. The van der Waals surface area contributed by atoms with Crippen LogP contribution in [0.1, 0.15) is 21.5 Å². The van der Waals surface area contributed by atoms with E-state index in [1.807, 2.05) is 43.3 Å². The Morgan fingerprint density at radius 2 is 1.86 bits per heavy atom. The molecule has 6 rings (SSSR count). The van der Waals surface area contributed by atoms with E-state index < -0.39 is 0 Å². The van der Waals surface area contributed by atoms with E-state index in [4.69, 9.17) is 4.74 Å². The number of aromatic nitrogens is 4. The third kappa shape index (κ3) is 6.45. The number of anilines is 1. The molecule has 5 aromatic rings. The molecule has 0 unspecified atom stereocenters. The molecule has 0 aliphatic carbocycles. The fraction of sp³-hybridized carbons (Fsp3) is 0.281. The van der Waals surface area contributed by atoms with Crippen LogP contribution in [0.25, 0.3) is 22.2 Å². The summed E-state index contributed by atoms with van der Waals surface area (Å²) in [5.41, 5.74) is 4.93. The summed E-state index contributed by atoms with van der Waals surface area (Å²) in [6.07, 6.45) is 4.75. The summed E-state index contributed by atoms with van der Waals surface area (Å²) in [5.74, 6) is 0.484. The van der Waals surface area contributed by atoms with Crippen molar-refractivity contribution in [1.29, 1.82) is 0 Å². The van der Waals surface area contributed by atoms with E-state index in [0.717, 1.165) is 54.9 Å². The molecule has 1 aliphatic rings. The molecule has 1 aliphatic heterocycles. The highest BCUT2D eigenvalue weighted by Crippen LogP contribution is 2.27. The van der Waals surface area contributed by atoms with Gasteiger partial charge in [0, 0.05) is 56.0 Å². The second kappa shape index (κ2) is 12.1.